The van der Waals surface area contributed by atoms with Crippen LogP contribution in [0.15, 0.2) is 36.4 Å². The predicted molar refractivity (Wildman–Crippen MR) is 80.6 cm³/mol. The molecule has 21 heavy (non-hydrogen) atoms. The van der Waals surface area contributed by atoms with Crippen molar-refractivity contribution in [3.63, 3.8) is 0 Å². The summed E-state index contributed by atoms with van der Waals surface area (Å²) in [5, 5.41) is 8.61. The Bertz CT molecular complexity index is 696. The summed E-state index contributed by atoms with van der Waals surface area (Å²) in [6.07, 6.45) is 0. The van der Waals surface area contributed by atoms with E-state index in [0.29, 0.717) is 12.4 Å². The molecule has 0 bridgehead atoms. The molecular weight excluding hydrogens is 267 g/mol. The fourth-order valence-electron chi connectivity index (χ4n) is 1.94. The summed E-state index contributed by atoms with van der Waals surface area (Å²) in [5.74, 6) is 4.98. The number of ether oxygens (including phenoxy) is 1. The van der Waals surface area contributed by atoms with E-state index in [1.165, 1.54) is 11.6 Å². The van der Waals surface area contributed by atoms with E-state index in [0.717, 1.165) is 11.1 Å². The van der Waals surface area contributed by atoms with Crippen LogP contribution in [0, 0.1) is 31.5 Å². The maximum absolute atomic E-state index is 13.8. The summed E-state index contributed by atoms with van der Waals surface area (Å²) in [6.45, 7) is 4.16. The van der Waals surface area contributed by atoms with Crippen molar-refractivity contribution in [2.75, 3.05) is 6.61 Å². The molecule has 0 heterocycles. The van der Waals surface area contributed by atoms with Gasteiger partial charge in [0.1, 0.15) is 24.8 Å². The van der Waals surface area contributed by atoms with E-state index >= 15 is 0 Å². The Morgan fingerprint density at radius 3 is 2.67 bits per heavy atom. The number of aliphatic hydroxyl groups excluding tert-OH is 1. The van der Waals surface area contributed by atoms with Crippen molar-refractivity contribution in [1.82, 2.24) is 0 Å². The summed E-state index contributed by atoms with van der Waals surface area (Å²) in [4.78, 5) is 0. The van der Waals surface area contributed by atoms with Crippen molar-refractivity contribution < 1.29 is 14.2 Å². The fourth-order valence-corrected chi connectivity index (χ4v) is 1.94. The second-order valence-electron chi connectivity index (χ2n) is 4.82. The van der Waals surface area contributed by atoms with E-state index in [1.807, 2.05) is 26.0 Å². The van der Waals surface area contributed by atoms with E-state index in [9.17, 15) is 4.39 Å². The normalized spacial score (nSPS) is 9.90. The molecule has 0 fully saturated rings. The van der Waals surface area contributed by atoms with Crippen molar-refractivity contribution in [3.05, 3.63) is 64.5 Å². The van der Waals surface area contributed by atoms with Crippen molar-refractivity contribution in [1.29, 1.82) is 0 Å². The molecule has 108 valence electrons. The maximum Gasteiger partial charge on any atom is 0.142 e. The number of hydrogen-bond acceptors (Lipinski definition) is 2. The minimum atomic E-state index is -0.450. The summed E-state index contributed by atoms with van der Waals surface area (Å²) in [7, 11) is 0. The highest BCUT2D eigenvalue weighted by Crippen LogP contribution is 2.19. The number of benzene rings is 2. The van der Waals surface area contributed by atoms with Gasteiger partial charge in [-0.05, 0) is 37.1 Å². The molecule has 0 atom stereocenters. The number of aliphatic hydroxyl groups is 1. The molecule has 0 saturated heterocycles. The average Bonchev–Trinajstić information content (AvgIpc) is 2.47. The fraction of sp³-hybridized carbons (Fsp3) is 0.222. The Labute approximate surface area is 124 Å². The number of aryl methyl sites for hydroxylation is 2. The smallest absolute Gasteiger partial charge is 0.142 e. The van der Waals surface area contributed by atoms with Gasteiger partial charge in [0, 0.05) is 6.07 Å². The van der Waals surface area contributed by atoms with Crippen LogP contribution in [0.25, 0.3) is 0 Å². The quantitative estimate of drug-likeness (QED) is 0.876. The van der Waals surface area contributed by atoms with E-state index in [2.05, 4.69) is 17.9 Å². The third-order valence-corrected chi connectivity index (χ3v) is 3.14. The van der Waals surface area contributed by atoms with Crippen LogP contribution in [0.2, 0.25) is 0 Å². The molecule has 0 aliphatic heterocycles. The molecule has 0 radical (unpaired) electrons. The van der Waals surface area contributed by atoms with Gasteiger partial charge in [0.05, 0.1) is 5.56 Å². The highest BCUT2D eigenvalue weighted by atomic mass is 19.1. The third-order valence-electron chi connectivity index (χ3n) is 3.14. The SMILES string of the molecule is Cc1ccc(C)c(COc2ccc(C#CCO)c(F)c2)c1. The first kappa shape index (κ1) is 15.1. The first-order chi connectivity index (χ1) is 10.1. The minimum absolute atomic E-state index is 0.253. The number of hydrogen-bond donors (Lipinski definition) is 1. The minimum Gasteiger partial charge on any atom is -0.489 e. The van der Waals surface area contributed by atoms with Crippen molar-refractivity contribution in [2.24, 2.45) is 0 Å². The molecule has 0 unspecified atom stereocenters. The molecular formula is C18H17FO2. The zero-order chi connectivity index (χ0) is 15.2. The van der Waals surface area contributed by atoms with Crippen molar-refractivity contribution in [3.8, 4) is 17.6 Å². The molecule has 2 aromatic rings. The van der Waals surface area contributed by atoms with Crippen LogP contribution in [-0.4, -0.2) is 11.7 Å². The molecule has 2 nitrogen and oxygen atoms in total. The molecule has 1 N–H and O–H groups in total. The van der Waals surface area contributed by atoms with Gasteiger partial charge in [0.2, 0.25) is 0 Å². The van der Waals surface area contributed by atoms with Gasteiger partial charge in [0.15, 0.2) is 0 Å². The summed E-state index contributed by atoms with van der Waals surface area (Å²) >= 11 is 0. The Morgan fingerprint density at radius 1 is 1.14 bits per heavy atom. The second-order valence-corrected chi connectivity index (χ2v) is 4.82. The summed E-state index contributed by atoms with van der Waals surface area (Å²) in [6, 6.07) is 10.7. The molecule has 0 saturated carbocycles. The van der Waals surface area contributed by atoms with Crippen LogP contribution in [0.5, 0.6) is 5.75 Å². The van der Waals surface area contributed by atoms with Crippen LogP contribution in [-0.2, 0) is 6.61 Å². The molecule has 0 spiro atoms. The topological polar surface area (TPSA) is 29.5 Å². The van der Waals surface area contributed by atoms with Crippen LogP contribution < -0.4 is 4.74 Å². The van der Waals surface area contributed by atoms with Crippen LogP contribution >= 0.6 is 0 Å². The Balaban J connectivity index is 2.10. The number of rotatable bonds is 3. The lowest BCUT2D eigenvalue weighted by Gasteiger charge is -2.10. The predicted octanol–water partition coefficient (Wildman–Crippen LogP) is 3.37. The van der Waals surface area contributed by atoms with E-state index in [-0.39, 0.29) is 12.2 Å². The van der Waals surface area contributed by atoms with Crippen molar-refractivity contribution in [2.45, 2.75) is 20.5 Å². The van der Waals surface area contributed by atoms with Gasteiger partial charge in [-0.25, -0.2) is 4.39 Å². The van der Waals surface area contributed by atoms with E-state index in [4.69, 9.17) is 9.84 Å². The Morgan fingerprint density at radius 2 is 1.95 bits per heavy atom. The lowest BCUT2D eigenvalue weighted by Crippen LogP contribution is -1.99. The zero-order valence-corrected chi connectivity index (χ0v) is 12.1. The largest absolute Gasteiger partial charge is 0.489 e. The molecule has 0 aliphatic carbocycles. The van der Waals surface area contributed by atoms with Gasteiger partial charge in [0.25, 0.3) is 0 Å². The van der Waals surface area contributed by atoms with Crippen molar-refractivity contribution >= 4 is 0 Å². The summed E-state index contributed by atoms with van der Waals surface area (Å²) < 4.78 is 19.4. The molecule has 0 aliphatic rings. The molecule has 2 aromatic carbocycles. The van der Waals surface area contributed by atoms with Gasteiger partial charge in [-0.2, -0.15) is 0 Å². The standard InChI is InChI=1S/C18H17FO2/c1-13-5-6-14(2)16(10-13)12-21-17-8-7-15(4-3-9-20)18(19)11-17/h5-8,10-11,20H,9,12H2,1-2H3. The lowest BCUT2D eigenvalue weighted by molar-refractivity contribution is 0.303. The third kappa shape index (κ3) is 4.08. The highest BCUT2D eigenvalue weighted by molar-refractivity contribution is 5.40. The average molecular weight is 284 g/mol. The van der Waals surface area contributed by atoms with Gasteiger partial charge < -0.3 is 9.84 Å². The van der Waals surface area contributed by atoms with Gasteiger partial charge in [-0.3, -0.25) is 0 Å². The Hall–Kier alpha value is -2.31. The van der Waals surface area contributed by atoms with Crippen LogP contribution in [0.3, 0.4) is 0 Å². The number of halogens is 1. The summed E-state index contributed by atoms with van der Waals surface area (Å²) in [5.41, 5.74) is 3.65. The van der Waals surface area contributed by atoms with E-state index < -0.39 is 5.82 Å². The lowest BCUT2D eigenvalue weighted by atomic mass is 10.1. The second kappa shape index (κ2) is 6.92. The monoisotopic (exact) mass is 284 g/mol. The van der Waals surface area contributed by atoms with Crippen LogP contribution in [0.4, 0.5) is 4.39 Å². The first-order valence-electron chi connectivity index (χ1n) is 6.68. The zero-order valence-electron chi connectivity index (χ0n) is 12.1. The first-order valence-corrected chi connectivity index (χ1v) is 6.68. The van der Waals surface area contributed by atoms with Gasteiger partial charge >= 0.3 is 0 Å². The van der Waals surface area contributed by atoms with Gasteiger partial charge in [-0.15, -0.1) is 0 Å². The maximum atomic E-state index is 13.8. The molecule has 3 heteroatoms. The Kier molecular flexibility index (Phi) is 4.97. The highest BCUT2D eigenvalue weighted by Gasteiger charge is 2.04. The van der Waals surface area contributed by atoms with Gasteiger partial charge in [-0.1, -0.05) is 35.6 Å². The van der Waals surface area contributed by atoms with Crippen LogP contribution in [0.1, 0.15) is 22.3 Å². The van der Waals surface area contributed by atoms with E-state index in [1.54, 1.807) is 12.1 Å². The molecule has 0 amide bonds. The molecule has 2 rings (SSSR count). The molecule has 0 aromatic heterocycles.